The molecule has 0 aliphatic heterocycles. The fourth-order valence-electron chi connectivity index (χ4n) is 3.15. The molecule has 5 heteroatoms. The molecule has 30 heavy (non-hydrogen) atoms. The molecule has 5 nitrogen and oxygen atoms in total. The lowest BCUT2D eigenvalue weighted by atomic mass is 10.1. The molecule has 2 aromatic heterocycles. The van der Waals surface area contributed by atoms with Gasteiger partial charge in [0, 0.05) is 23.6 Å². The number of hydrogen-bond donors (Lipinski definition) is 1. The van der Waals surface area contributed by atoms with Gasteiger partial charge in [0.05, 0.1) is 18.4 Å². The molecule has 0 saturated carbocycles. The number of nitrogens with one attached hydrogen (secondary N) is 1. The van der Waals surface area contributed by atoms with Crippen molar-refractivity contribution < 1.29 is 4.74 Å². The van der Waals surface area contributed by atoms with Crippen LogP contribution >= 0.6 is 0 Å². The molecule has 0 amide bonds. The predicted octanol–water partition coefficient (Wildman–Crippen LogP) is 5.36. The van der Waals surface area contributed by atoms with Crippen LogP contribution in [0.2, 0.25) is 0 Å². The summed E-state index contributed by atoms with van der Waals surface area (Å²) in [6, 6.07) is 25.7. The van der Waals surface area contributed by atoms with Gasteiger partial charge in [-0.2, -0.15) is 5.26 Å². The molecule has 4 aromatic rings. The van der Waals surface area contributed by atoms with Gasteiger partial charge in [-0.25, -0.2) is 4.98 Å². The van der Waals surface area contributed by atoms with Gasteiger partial charge >= 0.3 is 0 Å². The van der Waals surface area contributed by atoms with Crippen molar-refractivity contribution in [3.63, 3.8) is 0 Å². The number of methoxy groups -OCH3 is 1. The fourth-order valence-corrected chi connectivity index (χ4v) is 3.15. The maximum Gasteiger partial charge on any atom is 0.149 e. The third kappa shape index (κ3) is 4.45. The van der Waals surface area contributed by atoms with Gasteiger partial charge < -0.3 is 10.1 Å². The molecule has 0 unspecified atom stereocenters. The second kappa shape index (κ2) is 8.89. The first kappa shape index (κ1) is 19.2. The van der Waals surface area contributed by atoms with E-state index in [0.717, 1.165) is 29.1 Å². The number of ether oxygens (including phenoxy) is 1. The monoisotopic (exact) mass is 392 g/mol. The van der Waals surface area contributed by atoms with Gasteiger partial charge in [0.15, 0.2) is 0 Å². The average molecular weight is 392 g/mol. The smallest absolute Gasteiger partial charge is 0.149 e. The van der Waals surface area contributed by atoms with E-state index in [1.807, 2.05) is 54.6 Å². The van der Waals surface area contributed by atoms with Gasteiger partial charge in [0.25, 0.3) is 0 Å². The maximum atomic E-state index is 9.48. The van der Waals surface area contributed by atoms with Gasteiger partial charge in [0.1, 0.15) is 17.6 Å². The molecule has 0 bridgehead atoms. The van der Waals surface area contributed by atoms with Gasteiger partial charge in [-0.3, -0.25) is 4.98 Å². The van der Waals surface area contributed by atoms with Crippen LogP contribution in [0, 0.1) is 11.3 Å². The number of nitriles is 1. The second-order valence-corrected chi connectivity index (χ2v) is 6.79. The summed E-state index contributed by atoms with van der Waals surface area (Å²) in [5.41, 5.74) is 5.53. The topological polar surface area (TPSA) is 70.8 Å². The largest absolute Gasteiger partial charge is 0.497 e. The number of benzene rings is 2. The van der Waals surface area contributed by atoms with Crippen LogP contribution in [0.5, 0.6) is 5.75 Å². The van der Waals surface area contributed by atoms with Gasteiger partial charge in [-0.15, -0.1) is 0 Å². The number of nitrogens with zero attached hydrogens (tertiary/aromatic N) is 3. The summed E-state index contributed by atoms with van der Waals surface area (Å²) in [7, 11) is 1.64. The molecule has 2 aromatic carbocycles. The van der Waals surface area contributed by atoms with E-state index in [1.165, 1.54) is 11.1 Å². The maximum absolute atomic E-state index is 9.48. The van der Waals surface area contributed by atoms with E-state index in [4.69, 9.17) is 4.74 Å². The van der Waals surface area contributed by atoms with E-state index in [9.17, 15) is 5.26 Å². The first-order valence-corrected chi connectivity index (χ1v) is 9.55. The van der Waals surface area contributed by atoms with Crippen LogP contribution in [0.3, 0.4) is 0 Å². The third-order valence-electron chi connectivity index (χ3n) is 4.78. The number of hydrogen-bond acceptors (Lipinski definition) is 5. The number of rotatable bonds is 6. The minimum Gasteiger partial charge on any atom is -0.497 e. The Bertz CT molecular complexity index is 1160. The summed E-state index contributed by atoms with van der Waals surface area (Å²) < 4.78 is 5.21. The summed E-state index contributed by atoms with van der Waals surface area (Å²) >= 11 is 0. The van der Waals surface area contributed by atoms with Crippen molar-refractivity contribution >= 4 is 11.5 Å². The highest BCUT2D eigenvalue weighted by atomic mass is 16.5. The number of aromatic nitrogens is 2. The molecular weight excluding hydrogens is 372 g/mol. The molecule has 1 N–H and O–H groups in total. The Morgan fingerprint density at radius 3 is 2.23 bits per heavy atom. The van der Waals surface area contributed by atoms with E-state index in [2.05, 4.69) is 33.5 Å². The van der Waals surface area contributed by atoms with Crippen molar-refractivity contribution in [3.05, 3.63) is 102 Å². The van der Waals surface area contributed by atoms with Crippen LogP contribution in [0.25, 0.3) is 11.3 Å². The van der Waals surface area contributed by atoms with E-state index in [1.54, 1.807) is 25.6 Å². The molecule has 0 radical (unpaired) electrons. The van der Waals surface area contributed by atoms with Gasteiger partial charge in [0.2, 0.25) is 0 Å². The Labute approximate surface area is 175 Å². The molecule has 0 fully saturated rings. The van der Waals surface area contributed by atoms with Crippen molar-refractivity contribution in [3.8, 4) is 23.1 Å². The third-order valence-corrected chi connectivity index (χ3v) is 4.78. The molecule has 0 saturated heterocycles. The zero-order valence-corrected chi connectivity index (χ0v) is 16.5. The van der Waals surface area contributed by atoms with Gasteiger partial charge in [-0.1, -0.05) is 12.1 Å². The van der Waals surface area contributed by atoms with Crippen molar-refractivity contribution in [1.82, 2.24) is 9.97 Å². The van der Waals surface area contributed by atoms with Crippen molar-refractivity contribution in [1.29, 1.82) is 5.26 Å². The Morgan fingerprint density at radius 1 is 0.867 bits per heavy atom. The van der Waals surface area contributed by atoms with Crippen molar-refractivity contribution in [2.45, 2.75) is 6.42 Å². The van der Waals surface area contributed by atoms with E-state index in [0.29, 0.717) is 11.4 Å². The van der Waals surface area contributed by atoms with E-state index < -0.39 is 0 Å². The Balaban J connectivity index is 1.55. The second-order valence-electron chi connectivity index (χ2n) is 6.79. The molecule has 0 spiro atoms. The fraction of sp³-hybridized carbons (Fsp3) is 0.0800. The van der Waals surface area contributed by atoms with Crippen LogP contribution in [-0.4, -0.2) is 17.1 Å². The first-order valence-electron chi connectivity index (χ1n) is 9.55. The van der Waals surface area contributed by atoms with E-state index >= 15 is 0 Å². The lowest BCUT2D eigenvalue weighted by Gasteiger charge is -2.11. The zero-order valence-electron chi connectivity index (χ0n) is 16.5. The molecule has 2 heterocycles. The minimum atomic E-state index is 0.494. The SMILES string of the molecule is COc1ccc(-c2ccc(C#N)c(Nc3ccc(Cc4ccncc4)cc3)n2)cc1. The van der Waals surface area contributed by atoms with Crippen molar-refractivity contribution in [2.24, 2.45) is 0 Å². The highest BCUT2D eigenvalue weighted by Crippen LogP contribution is 2.26. The summed E-state index contributed by atoms with van der Waals surface area (Å²) in [5, 5.41) is 12.8. The highest BCUT2D eigenvalue weighted by molar-refractivity contribution is 5.69. The lowest BCUT2D eigenvalue weighted by Crippen LogP contribution is -1.99. The molecular formula is C25H20N4O. The normalized spacial score (nSPS) is 10.3. The molecule has 4 rings (SSSR count). The van der Waals surface area contributed by atoms with Crippen LogP contribution < -0.4 is 10.1 Å². The number of pyridine rings is 2. The Kier molecular flexibility index (Phi) is 5.68. The van der Waals surface area contributed by atoms with Crippen LogP contribution in [0.4, 0.5) is 11.5 Å². The highest BCUT2D eigenvalue weighted by Gasteiger charge is 2.08. The predicted molar refractivity (Wildman–Crippen MR) is 118 cm³/mol. The number of anilines is 2. The standard InChI is InChI=1S/C25H20N4O/c1-30-23-9-4-20(5-10-23)24-11-6-21(17-26)25(29-24)28-22-7-2-18(3-8-22)16-19-12-14-27-15-13-19/h2-15H,16H2,1H3,(H,28,29). The van der Waals surface area contributed by atoms with Gasteiger partial charge in [-0.05, 0) is 78.2 Å². The van der Waals surface area contributed by atoms with Crippen molar-refractivity contribution in [2.75, 3.05) is 12.4 Å². The molecule has 0 aliphatic carbocycles. The Hall–Kier alpha value is -4.17. The van der Waals surface area contributed by atoms with E-state index in [-0.39, 0.29) is 0 Å². The first-order chi connectivity index (χ1) is 14.7. The average Bonchev–Trinajstić information content (AvgIpc) is 2.81. The Morgan fingerprint density at radius 2 is 1.57 bits per heavy atom. The van der Waals surface area contributed by atoms with Crippen LogP contribution in [0.15, 0.2) is 85.2 Å². The summed E-state index contributed by atoms with van der Waals surface area (Å²) in [4.78, 5) is 8.73. The van der Waals surface area contributed by atoms with Crippen LogP contribution in [0.1, 0.15) is 16.7 Å². The van der Waals surface area contributed by atoms with Crippen LogP contribution in [-0.2, 0) is 6.42 Å². The molecule has 146 valence electrons. The summed E-state index contributed by atoms with van der Waals surface area (Å²) in [6.07, 6.45) is 4.45. The quantitative estimate of drug-likeness (QED) is 0.478. The summed E-state index contributed by atoms with van der Waals surface area (Å²) in [6.45, 7) is 0. The zero-order chi connectivity index (χ0) is 20.8. The molecule has 0 aliphatic rings. The molecule has 0 atom stereocenters. The lowest BCUT2D eigenvalue weighted by molar-refractivity contribution is 0.415. The minimum absolute atomic E-state index is 0.494. The summed E-state index contributed by atoms with van der Waals surface area (Å²) in [5.74, 6) is 1.32.